The number of rotatable bonds is 6. The zero-order valence-corrected chi connectivity index (χ0v) is 15.7. The van der Waals surface area contributed by atoms with Crippen molar-refractivity contribution in [3.05, 3.63) is 28.8 Å². The van der Waals surface area contributed by atoms with E-state index in [9.17, 15) is 9.59 Å². The molecule has 0 unspecified atom stereocenters. The lowest BCUT2D eigenvalue weighted by Gasteiger charge is -2.31. The number of carbonyl (C=O) groups is 2. The van der Waals surface area contributed by atoms with Crippen LogP contribution in [0.25, 0.3) is 0 Å². The molecule has 1 aliphatic rings. The molecule has 0 atom stereocenters. The highest BCUT2D eigenvalue weighted by molar-refractivity contribution is 6.31. The molecule has 0 saturated carbocycles. The van der Waals surface area contributed by atoms with Gasteiger partial charge in [0.05, 0.1) is 18.2 Å². The van der Waals surface area contributed by atoms with Gasteiger partial charge in [-0.25, -0.2) is 0 Å². The van der Waals surface area contributed by atoms with E-state index >= 15 is 0 Å². The summed E-state index contributed by atoms with van der Waals surface area (Å²) in [5.41, 5.74) is 0.453. The van der Waals surface area contributed by atoms with Gasteiger partial charge in [-0.15, -0.1) is 0 Å². The summed E-state index contributed by atoms with van der Waals surface area (Å²) in [5.74, 6) is 0.369. The molecule has 7 heteroatoms. The maximum Gasteiger partial charge on any atom is 0.255 e. The summed E-state index contributed by atoms with van der Waals surface area (Å²) in [6.45, 7) is 5.79. The molecule has 0 aliphatic carbocycles. The number of hydrogen-bond acceptors (Lipinski definition) is 4. The van der Waals surface area contributed by atoms with E-state index in [1.165, 1.54) is 0 Å². The molecule has 2 amide bonds. The molecule has 6 nitrogen and oxygen atoms in total. The third-order valence-corrected chi connectivity index (χ3v) is 4.35. The fourth-order valence-corrected chi connectivity index (χ4v) is 2.99. The molecule has 1 aliphatic heterocycles. The lowest BCUT2D eigenvalue weighted by Crippen LogP contribution is -2.47. The van der Waals surface area contributed by atoms with Crippen molar-refractivity contribution in [3.8, 4) is 5.75 Å². The lowest BCUT2D eigenvalue weighted by molar-refractivity contribution is -0.122. The van der Waals surface area contributed by atoms with Gasteiger partial charge in [-0.2, -0.15) is 0 Å². The van der Waals surface area contributed by atoms with Crippen LogP contribution >= 0.6 is 11.6 Å². The Morgan fingerprint density at radius 2 is 2.00 bits per heavy atom. The van der Waals surface area contributed by atoms with Gasteiger partial charge in [0, 0.05) is 31.2 Å². The monoisotopic (exact) mass is 367 g/mol. The lowest BCUT2D eigenvalue weighted by atomic mass is 10.0. The van der Waals surface area contributed by atoms with Crippen molar-refractivity contribution in [1.29, 1.82) is 0 Å². The topological polar surface area (TPSA) is 70.7 Å². The molecule has 1 fully saturated rings. The van der Waals surface area contributed by atoms with E-state index in [0.29, 0.717) is 22.9 Å². The number of nitrogens with zero attached hydrogens (tertiary/aromatic N) is 1. The summed E-state index contributed by atoms with van der Waals surface area (Å²) in [4.78, 5) is 26.2. The van der Waals surface area contributed by atoms with Gasteiger partial charge in [0.1, 0.15) is 5.75 Å². The molecule has 0 radical (unpaired) electrons. The van der Waals surface area contributed by atoms with Gasteiger partial charge in [-0.05, 0) is 44.9 Å². The molecule has 1 aromatic rings. The molecule has 2 N–H and O–H groups in total. The number of hydrogen-bond donors (Lipinski definition) is 2. The smallest absolute Gasteiger partial charge is 0.255 e. The van der Waals surface area contributed by atoms with Crippen molar-refractivity contribution >= 4 is 23.4 Å². The first kappa shape index (κ1) is 19.5. The number of carbonyl (C=O) groups excluding carboxylic acids is 2. The molecular formula is C18H26ClN3O3. The van der Waals surface area contributed by atoms with Crippen molar-refractivity contribution in [2.75, 3.05) is 26.7 Å². The number of likely N-dealkylation sites (tertiary alicyclic amines) is 1. The second-order valence-electron chi connectivity index (χ2n) is 6.50. The number of nitrogens with one attached hydrogen (secondary N) is 2. The zero-order chi connectivity index (χ0) is 18.4. The Balaban J connectivity index is 1.95. The molecule has 25 heavy (non-hydrogen) atoms. The molecule has 1 aromatic carbocycles. The standard InChI is InChI=1S/C18H26ClN3O3/c1-12(2)25-16-5-4-13(19)10-15(16)18(24)21-14-6-8-22(9-7-14)11-17(23)20-3/h4-5,10,12,14H,6-9,11H2,1-3H3,(H,20,23)(H,21,24). The summed E-state index contributed by atoms with van der Waals surface area (Å²) in [6, 6.07) is 5.16. The number of likely N-dealkylation sites (N-methyl/N-ethyl adjacent to an activating group) is 1. The van der Waals surface area contributed by atoms with Crippen LogP contribution in [0.15, 0.2) is 18.2 Å². The van der Waals surface area contributed by atoms with Gasteiger partial charge < -0.3 is 15.4 Å². The minimum absolute atomic E-state index is 0.0110. The Hall–Kier alpha value is -1.79. The van der Waals surface area contributed by atoms with Crippen LogP contribution in [0.4, 0.5) is 0 Å². The van der Waals surface area contributed by atoms with Crippen LogP contribution in [-0.4, -0.2) is 55.5 Å². The average molecular weight is 368 g/mol. The summed E-state index contributed by atoms with van der Waals surface area (Å²) >= 11 is 6.04. The molecule has 2 rings (SSSR count). The van der Waals surface area contributed by atoms with Crippen LogP contribution in [0, 0.1) is 0 Å². The normalized spacial score (nSPS) is 15.9. The first-order valence-corrected chi connectivity index (χ1v) is 8.97. The van der Waals surface area contributed by atoms with Gasteiger partial charge in [0.15, 0.2) is 0 Å². The van der Waals surface area contributed by atoms with E-state index < -0.39 is 0 Å². The number of piperidine rings is 1. The third-order valence-electron chi connectivity index (χ3n) is 4.12. The van der Waals surface area contributed by atoms with Crippen LogP contribution in [0.5, 0.6) is 5.75 Å². The van der Waals surface area contributed by atoms with Crippen molar-refractivity contribution in [2.45, 2.75) is 38.8 Å². The second-order valence-corrected chi connectivity index (χ2v) is 6.94. The second kappa shape index (κ2) is 9.06. The van der Waals surface area contributed by atoms with Crippen LogP contribution < -0.4 is 15.4 Å². The minimum atomic E-state index is -0.178. The van der Waals surface area contributed by atoms with Crippen LogP contribution in [0.3, 0.4) is 0 Å². The minimum Gasteiger partial charge on any atom is -0.490 e. The van der Waals surface area contributed by atoms with Gasteiger partial charge in [0.25, 0.3) is 5.91 Å². The number of ether oxygens (including phenoxy) is 1. The van der Waals surface area contributed by atoms with Gasteiger partial charge in [-0.3, -0.25) is 14.5 Å². The molecule has 1 saturated heterocycles. The highest BCUT2D eigenvalue weighted by Crippen LogP contribution is 2.24. The molecule has 0 spiro atoms. The van der Waals surface area contributed by atoms with Crippen LogP contribution in [0.1, 0.15) is 37.0 Å². The van der Waals surface area contributed by atoms with Gasteiger partial charge in [-0.1, -0.05) is 11.6 Å². The maximum absolute atomic E-state index is 12.6. The first-order chi connectivity index (χ1) is 11.9. The largest absolute Gasteiger partial charge is 0.490 e. The highest BCUT2D eigenvalue weighted by atomic mass is 35.5. The SMILES string of the molecule is CNC(=O)CN1CCC(NC(=O)c2cc(Cl)ccc2OC(C)C)CC1. The van der Waals surface area contributed by atoms with E-state index in [1.807, 2.05) is 13.8 Å². The fraction of sp³-hybridized carbons (Fsp3) is 0.556. The van der Waals surface area contributed by atoms with Gasteiger partial charge >= 0.3 is 0 Å². The Kier molecular flexibility index (Phi) is 7.08. The van der Waals surface area contributed by atoms with Crippen molar-refractivity contribution in [2.24, 2.45) is 0 Å². The number of benzene rings is 1. The van der Waals surface area contributed by atoms with Crippen LogP contribution in [0.2, 0.25) is 5.02 Å². The quantitative estimate of drug-likeness (QED) is 0.807. The van der Waals surface area contributed by atoms with E-state index in [0.717, 1.165) is 25.9 Å². The maximum atomic E-state index is 12.6. The van der Waals surface area contributed by atoms with E-state index in [-0.39, 0.29) is 24.0 Å². The average Bonchev–Trinajstić information content (AvgIpc) is 2.57. The van der Waals surface area contributed by atoms with Crippen molar-refractivity contribution < 1.29 is 14.3 Å². The zero-order valence-electron chi connectivity index (χ0n) is 15.0. The predicted octanol–water partition coefficient (Wildman–Crippen LogP) is 2.07. The summed E-state index contributed by atoms with van der Waals surface area (Å²) in [5, 5.41) is 6.19. The number of halogens is 1. The summed E-state index contributed by atoms with van der Waals surface area (Å²) in [6.07, 6.45) is 1.59. The highest BCUT2D eigenvalue weighted by Gasteiger charge is 2.23. The molecule has 138 valence electrons. The molecule has 0 bridgehead atoms. The van der Waals surface area contributed by atoms with Crippen molar-refractivity contribution in [3.63, 3.8) is 0 Å². The number of amides is 2. The third kappa shape index (κ3) is 5.90. The van der Waals surface area contributed by atoms with Crippen molar-refractivity contribution in [1.82, 2.24) is 15.5 Å². The van der Waals surface area contributed by atoms with E-state index in [1.54, 1.807) is 25.2 Å². The predicted molar refractivity (Wildman–Crippen MR) is 98.2 cm³/mol. The summed E-state index contributed by atoms with van der Waals surface area (Å²) in [7, 11) is 1.64. The molecular weight excluding hydrogens is 342 g/mol. The Labute approximate surface area is 153 Å². The van der Waals surface area contributed by atoms with E-state index in [4.69, 9.17) is 16.3 Å². The van der Waals surface area contributed by atoms with E-state index in [2.05, 4.69) is 15.5 Å². The Morgan fingerprint density at radius 3 is 2.60 bits per heavy atom. The van der Waals surface area contributed by atoms with Gasteiger partial charge in [0.2, 0.25) is 5.91 Å². The fourth-order valence-electron chi connectivity index (χ4n) is 2.82. The van der Waals surface area contributed by atoms with Crippen LogP contribution in [-0.2, 0) is 4.79 Å². The molecule has 0 aromatic heterocycles. The first-order valence-electron chi connectivity index (χ1n) is 8.59. The molecule has 1 heterocycles. The Bertz CT molecular complexity index is 614. The summed E-state index contributed by atoms with van der Waals surface area (Å²) < 4.78 is 5.71. The Morgan fingerprint density at radius 1 is 1.32 bits per heavy atom.